The van der Waals surface area contributed by atoms with Crippen molar-refractivity contribution < 1.29 is 9.16 Å². The molecule has 228 valence electrons. The first-order chi connectivity index (χ1) is 21.6. The summed E-state index contributed by atoms with van der Waals surface area (Å²) in [6.45, 7) is 13.1. The standard InChI is InChI=1S/C38H40N4O2Si/c1-38(2,3)45(4,5)44-21-9-20-42-27-41-25-36(42)37(43-26-29-16-14-28(23-39)15-17-29)31-18-19-32(24-40)35(22-31)34-13-8-11-30-10-6-7-12-33(30)34/h6-8,10-19,22,25,27,37H,9,20-21,26H2,1-5H3. The molecule has 1 atom stereocenters. The lowest BCUT2D eigenvalue weighted by Crippen LogP contribution is -2.41. The van der Waals surface area contributed by atoms with Crippen molar-refractivity contribution in [1.29, 1.82) is 10.5 Å². The molecule has 1 aromatic heterocycles. The number of hydrogen-bond acceptors (Lipinski definition) is 5. The maximum atomic E-state index is 10.1. The number of ether oxygens (including phenoxy) is 1. The lowest BCUT2D eigenvalue weighted by molar-refractivity contribution is 0.0614. The molecule has 1 heterocycles. The SMILES string of the molecule is CC(C)(C)[Si](C)(C)OCCCn1cncc1C(OCc1ccc(C#N)cc1)c1ccc(C#N)c(-c2cccc3ccccc23)c1. The minimum Gasteiger partial charge on any atom is -0.417 e. The molecular formula is C38H40N4O2Si. The van der Waals surface area contributed by atoms with Crippen LogP contribution in [0.2, 0.25) is 18.1 Å². The van der Waals surface area contributed by atoms with E-state index in [2.05, 4.69) is 85.9 Å². The van der Waals surface area contributed by atoms with E-state index >= 15 is 0 Å². The molecule has 0 radical (unpaired) electrons. The highest BCUT2D eigenvalue weighted by Gasteiger charge is 2.36. The number of hydrogen-bond donors (Lipinski definition) is 0. The van der Waals surface area contributed by atoms with Crippen LogP contribution in [0.25, 0.3) is 21.9 Å². The second-order valence-electron chi connectivity index (χ2n) is 12.9. The summed E-state index contributed by atoms with van der Waals surface area (Å²) in [7, 11) is -1.84. The smallest absolute Gasteiger partial charge is 0.191 e. The Labute approximate surface area is 267 Å². The number of aromatic nitrogens is 2. The molecule has 0 aliphatic carbocycles. The maximum Gasteiger partial charge on any atom is 0.191 e. The summed E-state index contributed by atoms with van der Waals surface area (Å²) < 4.78 is 15.3. The van der Waals surface area contributed by atoms with E-state index in [1.165, 1.54) is 0 Å². The van der Waals surface area contributed by atoms with E-state index in [1.54, 1.807) is 12.1 Å². The fraction of sp³-hybridized carbons (Fsp3) is 0.289. The third kappa shape index (κ3) is 7.24. The van der Waals surface area contributed by atoms with Crippen molar-refractivity contribution in [2.75, 3.05) is 6.61 Å². The zero-order valence-electron chi connectivity index (χ0n) is 26.7. The van der Waals surface area contributed by atoms with Gasteiger partial charge in [0.1, 0.15) is 6.10 Å². The Morgan fingerprint density at radius 1 is 0.889 bits per heavy atom. The molecule has 0 amide bonds. The number of fused-ring (bicyclic) bond motifs is 1. The van der Waals surface area contributed by atoms with Crippen LogP contribution < -0.4 is 0 Å². The summed E-state index contributed by atoms with van der Waals surface area (Å²) in [4.78, 5) is 4.53. The summed E-state index contributed by atoms with van der Waals surface area (Å²) in [5.41, 5.74) is 5.93. The minimum atomic E-state index is -1.84. The van der Waals surface area contributed by atoms with Crippen LogP contribution in [0.3, 0.4) is 0 Å². The quantitative estimate of drug-likeness (QED) is 0.110. The van der Waals surface area contributed by atoms with Gasteiger partial charge in [0, 0.05) is 18.7 Å². The van der Waals surface area contributed by atoms with Crippen LogP contribution in [0.1, 0.15) is 61.2 Å². The first kappa shape index (κ1) is 31.9. The van der Waals surface area contributed by atoms with Gasteiger partial charge >= 0.3 is 0 Å². The van der Waals surface area contributed by atoms with E-state index in [0.717, 1.165) is 51.7 Å². The van der Waals surface area contributed by atoms with Crippen LogP contribution in [0.5, 0.6) is 0 Å². The third-order valence-corrected chi connectivity index (χ3v) is 13.4. The molecule has 6 nitrogen and oxygen atoms in total. The van der Waals surface area contributed by atoms with Crippen molar-refractivity contribution in [3.8, 4) is 23.3 Å². The molecule has 0 spiro atoms. The Hall–Kier alpha value is -4.53. The van der Waals surface area contributed by atoms with E-state index in [4.69, 9.17) is 9.16 Å². The molecule has 0 saturated carbocycles. The fourth-order valence-corrected chi connectivity index (χ4v) is 6.32. The van der Waals surface area contributed by atoms with Crippen LogP contribution in [-0.2, 0) is 22.3 Å². The summed E-state index contributed by atoms with van der Waals surface area (Å²) in [6.07, 6.45) is 4.14. The molecule has 1 unspecified atom stereocenters. The number of rotatable bonds is 11. The van der Waals surface area contributed by atoms with Crippen molar-refractivity contribution in [1.82, 2.24) is 9.55 Å². The molecule has 5 aromatic rings. The predicted molar refractivity (Wildman–Crippen MR) is 182 cm³/mol. The van der Waals surface area contributed by atoms with Gasteiger partial charge < -0.3 is 13.7 Å². The number of nitrogens with zero attached hydrogens (tertiary/aromatic N) is 4. The van der Waals surface area contributed by atoms with Gasteiger partial charge in [0.25, 0.3) is 0 Å². The average Bonchev–Trinajstić information content (AvgIpc) is 3.50. The minimum absolute atomic E-state index is 0.162. The Morgan fingerprint density at radius 2 is 1.64 bits per heavy atom. The average molecular weight is 613 g/mol. The lowest BCUT2D eigenvalue weighted by Gasteiger charge is -2.36. The number of aryl methyl sites for hydroxylation is 1. The van der Waals surface area contributed by atoms with E-state index in [-0.39, 0.29) is 5.04 Å². The first-order valence-corrected chi connectivity index (χ1v) is 18.3. The fourth-order valence-electron chi connectivity index (χ4n) is 5.23. The molecule has 45 heavy (non-hydrogen) atoms. The van der Waals surface area contributed by atoms with Gasteiger partial charge in [0.2, 0.25) is 0 Å². The van der Waals surface area contributed by atoms with Gasteiger partial charge in [-0.2, -0.15) is 10.5 Å². The largest absolute Gasteiger partial charge is 0.417 e. The molecule has 0 aliphatic rings. The molecule has 0 bridgehead atoms. The molecule has 0 N–H and O–H groups in total. The number of imidazole rings is 1. The monoisotopic (exact) mass is 612 g/mol. The Kier molecular flexibility index (Phi) is 9.65. The van der Waals surface area contributed by atoms with Crippen LogP contribution in [-0.4, -0.2) is 24.5 Å². The van der Waals surface area contributed by atoms with Crippen LogP contribution in [0.4, 0.5) is 0 Å². The van der Waals surface area contributed by atoms with Gasteiger partial charge in [-0.3, -0.25) is 0 Å². The predicted octanol–water partition coefficient (Wildman–Crippen LogP) is 9.16. The molecule has 5 rings (SSSR count). The molecule has 0 saturated heterocycles. The summed E-state index contributed by atoms with van der Waals surface area (Å²) >= 11 is 0. The lowest BCUT2D eigenvalue weighted by atomic mass is 9.92. The number of nitriles is 2. The van der Waals surface area contributed by atoms with Crippen molar-refractivity contribution in [3.63, 3.8) is 0 Å². The Balaban J connectivity index is 1.49. The van der Waals surface area contributed by atoms with E-state index in [1.807, 2.05) is 55.0 Å². The second-order valence-corrected chi connectivity index (χ2v) is 17.7. The van der Waals surface area contributed by atoms with Gasteiger partial charge in [0.05, 0.1) is 48.1 Å². The summed E-state index contributed by atoms with van der Waals surface area (Å²) in [5, 5.41) is 21.7. The molecule has 0 aliphatic heterocycles. The van der Waals surface area contributed by atoms with Crippen molar-refractivity contribution >= 4 is 19.1 Å². The summed E-state index contributed by atoms with van der Waals surface area (Å²) in [5.74, 6) is 0. The van der Waals surface area contributed by atoms with Crippen LogP contribution >= 0.6 is 0 Å². The molecule has 0 fully saturated rings. The zero-order valence-corrected chi connectivity index (χ0v) is 27.7. The highest BCUT2D eigenvalue weighted by molar-refractivity contribution is 6.74. The second kappa shape index (κ2) is 13.6. The normalized spacial score (nSPS) is 12.5. The third-order valence-electron chi connectivity index (χ3n) is 8.87. The molecular weight excluding hydrogens is 573 g/mol. The van der Waals surface area contributed by atoms with Crippen molar-refractivity contribution in [3.05, 3.63) is 125 Å². The number of benzene rings is 4. The van der Waals surface area contributed by atoms with Crippen molar-refractivity contribution in [2.45, 2.75) is 64.6 Å². The van der Waals surface area contributed by atoms with E-state index in [9.17, 15) is 10.5 Å². The molecule has 7 heteroatoms. The van der Waals surface area contributed by atoms with Gasteiger partial charge in [-0.25, -0.2) is 4.98 Å². The summed E-state index contributed by atoms with van der Waals surface area (Å²) in [6, 6.07) is 32.4. The highest BCUT2D eigenvalue weighted by atomic mass is 28.4. The topological polar surface area (TPSA) is 83.9 Å². The van der Waals surface area contributed by atoms with Crippen LogP contribution in [0.15, 0.2) is 97.5 Å². The molecule has 4 aromatic carbocycles. The van der Waals surface area contributed by atoms with E-state index < -0.39 is 14.4 Å². The van der Waals surface area contributed by atoms with Crippen LogP contribution in [0, 0.1) is 22.7 Å². The van der Waals surface area contributed by atoms with E-state index in [0.29, 0.717) is 24.3 Å². The van der Waals surface area contributed by atoms with Gasteiger partial charge in [0.15, 0.2) is 8.32 Å². The highest BCUT2D eigenvalue weighted by Crippen LogP contribution is 2.37. The Bertz CT molecular complexity index is 1850. The van der Waals surface area contributed by atoms with Gasteiger partial charge in [-0.05, 0) is 76.3 Å². The first-order valence-electron chi connectivity index (χ1n) is 15.4. The zero-order chi connectivity index (χ0) is 32.0. The van der Waals surface area contributed by atoms with Crippen molar-refractivity contribution in [2.24, 2.45) is 0 Å². The Morgan fingerprint density at radius 3 is 2.38 bits per heavy atom. The maximum absolute atomic E-state index is 10.1. The van der Waals surface area contributed by atoms with Gasteiger partial charge in [-0.1, -0.05) is 81.4 Å². The van der Waals surface area contributed by atoms with Gasteiger partial charge in [-0.15, -0.1) is 0 Å².